The van der Waals surface area contributed by atoms with Crippen LogP contribution in [0.5, 0.6) is 6.01 Å². The van der Waals surface area contributed by atoms with E-state index in [0.717, 1.165) is 0 Å². The van der Waals surface area contributed by atoms with Crippen molar-refractivity contribution in [2.45, 2.75) is 19.1 Å². The first-order valence-electron chi connectivity index (χ1n) is 4.98. The van der Waals surface area contributed by atoms with Crippen molar-refractivity contribution < 1.29 is 24.5 Å². The van der Waals surface area contributed by atoms with Gasteiger partial charge in [0.05, 0.1) is 13.7 Å². The molecule has 0 spiro atoms. The van der Waals surface area contributed by atoms with Crippen LogP contribution in [0.3, 0.4) is 0 Å². The molecule has 0 amide bonds. The zero-order valence-electron chi connectivity index (χ0n) is 9.53. The van der Waals surface area contributed by atoms with Gasteiger partial charge in [0, 0.05) is 18.0 Å². The summed E-state index contributed by atoms with van der Waals surface area (Å²) in [4.78, 5) is 18.7. The normalized spacial score (nSPS) is 13.9. The molecular formula is C10H14N2O5. The summed E-state index contributed by atoms with van der Waals surface area (Å²) < 4.78 is 9.31. The van der Waals surface area contributed by atoms with Crippen molar-refractivity contribution in [3.8, 4) is 6.01 Å². The molecule has 0 aliphatic carbocycles. The van der Waals surface area contributed by atoms with Gasteiger partial charge in [-0.15, -0.1) is 0 Å². The highest BCUT2D eigenvalue weighted by Gasteiger charge is 2.27. The Kier molecular flexibility index (Phi) is 4.80. The maximum atomic E-state index is 11.2. The Bertz CT molecular complexity index is 367. The van der Waals surface area contributed by atoms with Crippen molar-refractivity contribution in [3.63, 3.8) is 0 Å². The lowest BCUT2D eigenvalue weighted by Crippen LogP contribution is -2.30. The third kappa shape index (κ3) is 3.36. The predicted molar refractivity (Wildman–Crippen MR) is 56.2 cm³/mol. The Balaban J connectivity index is 2.73. The molecule has 0 saturated heterocycles. The fourth-order valence-electron chi connectivity index (χ4n) is 1.12. The van der Waals surface area contributed by atoms with Crippen LogP contribution in [0.1, 0.15) is 18.6 Å². The zero-order chi connectivity index (χ0) is 12.8. The first kappa shape index (κ1) is 13.3. The van der Waals surface area contributed by atoms with Gasteiger partial charge >= 0.3 is 12.0 Å². The molecule has 1 aromatic rings. The molecule has 1 heterocycles. The second-order valence-corrected chi connectivity index (χ2v) is 3.14. The van der Waals surface area contributed by atoms with E-state index in [9.17, 15) is 15.0 Å². The molecule has 0 saturated carbocycles. The highest BCUT2D eigenvalue weighted by Crippen LogP contribution is 2.17. The number of hydrogen-bond acceptors (Lipinski definition) is 7. The number of rotatable bonds is 5. The minimum Gasteiger partial charge on any atom is -0.467 e. The van der Waals surface area contributed by atoms with Crippen molar-refractivity contribution in [1.29, 1.82) is 0 Å². The van der Waals surface area contributed by atoms with Crippen LogP contribution in [0.15, 0.2) is 12.4 Å². The molecule has 1 aromatic heterocycles. The topological polar surface area (TPSA) is 102 Å². The minimum atomic E-state index is -1.66. The van der Waals surface area contributed by atoms with Gasteiger partial charge in [-0.3, -0.25) is 0 Å². The van der Waals surface area contributed by atoms with E-state index in [1.54, 1.807) is 6.92 Å². The highest BCUT2D eigenvalue weighted by molar-refractivity contribution is 5.75. The zero-order valence-corrected chi connectivity index (χ0v) is 9.53. The van der Waals surface area contributed by atoms with E-state index >= 15 is 0 Å². The maximum Gasteiger partial charge on any atom is 0.338 e. The molecule has 0 fully saturated rings. The van der Waals surface area contributed by atoms with Crippen LogP contribution in [0.25, 0.3) is 0 Å². The van der Waals surface area contributed by atoms with Gasteiger partial charge in [0.25, 0.3) is 0 Å². The lowest BCUT2D eigenvalue weighted by molar-refractivity contribution is -0.159. The average molecular weight is 242 g/mol. The van der Waals surface area contributed by atoms with Crippen molar-refractivity contribution in [2.24, 2.45) is 0 Å². The number of hydrogen-bond donors (Lipinski definition) is 2. The Hall–Kier alpha value is -1.73. The van der Waals surface area contributed by atoms with Crippen molar-refractivity contribution in [1.82, 2.24) is 9.97 Å². The fourth-order valence-corrected chi connectivity index (χ4v) is 1.12. The molecule has 2 atom stereocenters. The van der Waals surface area contributed by atoms with Crippen LogP contribution in [0.2, 0.25) is 0 Å². The van der Waals surface area contributed by atoms with Crippen LogP contribution in [-0.4, -0.2) is 46.0 Å². The van der Waals surface area contributed by atoms with E-state index in [4.69, 9.17) is 4.74 Å². The number of aliphatic hydroxyl groups is 2. The summed E-state index contributed by atoms with van der Waals surface area (Å²) in [6, 6.07) is 0.131. The standard InChI is InChI=1S/C10H14N2O5/c1-3-17-9(15)8(14)7(13)6-4-11-10(16-2)12-5-6/h4-5,7-8,13-14H,3H2,1-2H3. The molecule has 94 valence electrons. The van der Waals surface area contributed by atoms with Gasteiger partial charge in [0.2, 0.25) is 0 Å². The van der Waals surface area contributed by atoms with Gasteiger partial charge in [0.15, 0.2) is 6.10 Å². The monoisotopic (exact) mass is 242 g/mol. The second-order valence-electron chi connectivity index (χ2n) is 3.14. The molecule has 2 N–H and O–H groups in total. The molecule has 0 aliphatic rings. The number of methoxy groups -OCH3 is 1. The molecule has 17 heavy (non-hydrogen) atoms. The fraction of sp³-hybridized carbons (Fsp3) is 0.500. The molecule has 0 radical (unpaired) electrons. The number of aliphatic hydroxyl groups excluding tert-OH is 2. The van der Waals surface area contributed by atoms with Crippen LogP contribution in [-0.2, 0) is 9.53 Å². The van der Waals surface area contributed by atoms with E-state index < -0.39 is 18.2 Å². The van der Waals surface area contributed by atoms with Crippen LogP contribution < -0.4 is 4.74 Å². The molecule has 7 heteroatoms. The second kappa shape index (κ2) is 6.12. The van der Waals surface area contributed by atoms with Gasteiger partial charge in [0.1, 0.15) is 6.10 Å². The SMILES string of the molecule is CCOC(=O)C(O)C(O)c1cnc(OC)nc1. The lowest BCUT2D eigenvalue weighted by Gasteiger charge is -2.15. The van der Waals surface area contributed by atoms with Crippen molar-refractivity contribution >= 4 is 5.97 Å². The largest absolute Gasteiger partial charge is 0.467 e. The smallest absolute Gasteiger partial charge is 0.338 e. The summed E-state index contributed by atoms with van der Waals surface area (Å²) >= 11 is 0. The third-order valence-corrected chi connectivity index (χ3v) is 2.00. The minimum absolute atomic E-state index is 0.127. The Morgan fingerprint density at radius 3 is 2.47 bits per heavy atom. The summed E-state index contributed by atoms with van der Waals surface area (Å²) in [7, 11) is 1.40. The molecule has 0 aliphatic heterocycles. The molecule has 1 rings (SSSR count). The Morgan fingerprint density at radius 2 is 2.00 bits per heavy atom. The quantitative estimate of drug-likeness (QED) is 0.667. The third-order valence-electron chi connectivity index (χ3n) is 2.00. The predicted octanol–water partition coefficient (Wildman–Crippen LogP) is -0.557. The molecular weight excluding hydrogens is 228 g/mol. The van der Waals surface area contributed by atoms with Gasteiger partial charge in [-0.25, -0.2) is 14.8 Å². The van der Waals surface area contributed by atoms with E-state index in [0.29, 0.717) is 0 Å². The van der Waals surface area contributed by atoms with Gasteiger partial charge in [-0.05, 0) is 6.92 Å². The van der Waals surface area contributed by atoms with Crippen molar-refractivity contribution in [2.75, 3.05) is 13.7 Å². The molecule has 0 bridgehead atoms. The summed E-state index contributed by atoms with van der Waals surface area (Å²) in [6.45, 7) is 1.73. The Labute approximate surface area is 98.0 Å². The van der Waals surface area contributed by atoms with E-state index in [2.05, 4.69) is 14.7 Å². The summed E-state index contributed by atoms with van der Waals surface area (Å²) in [5.74, 6) is -0.893. The Morgan fingerprint density at radius 1 is 1.41 bits per heavy atom. The molecule has 7 nitrogen and oxygen atoms in total. The van der Waals surface area contributed by atoms with E-state index in [1.165, 1.54) is 19.5 Å². The maximum absolute atomic E-state index is 11.2. The van der Waals surface area contributed by atoms with Gasteiger partial charge in [-0.2, -0.15) is 0 Å². The highest BCUT2D eigenvalue weighted by atomic mass is 16.5. The average Bonchev–Trinajstić information content (AvgIpc) is 2.37. The van der Waals surface area contributed by atoms with E-state index in [1.807, 2.05) is 0 Å². The number of aromatic nitrogens is 2. The first-order valence-corrected chi connectivity index (χ1v) is 4.98. The summed E-state index contributed by atoms with van der Waals surface area (Å²) in [5.41, 5.74) is 0.200. The van der Waals surface area contributed by atoms with E-state index in [-0.39, 0.29) is 18.2 Å². The summed E-state index contributed by atoms with van der Waals surface area (Å²) in [6.07, 6.45) is -0.565. The number of ether oxygens (including phenoxy) is 2. The summed E-state index contributed by atoms with van der Waals surface area (Å²) in [5, 5.41) is 19.2. The number of carbonyl (C=O) groups is 1. The van der Waals surface area contributed by atoms with Crippen LogP contribution >= 0.6 is 0 Å². The van der Waals surface area contributed by atoms with Gasteiger partial charge in [-0.1, -0.05) is 0 Å². The van der Waals surface area contributed by atoms with Crippen LogP contribution in [0.4, 0.5) is 0 Å². The van der Waals surface area contributed by atoms with Gasteiger partial charge < -0.3 is 19.7 Å². The number of esters is 1. The molecule has 0 aromatic carbocycles. The molecule has 2 unspecified atom stereocenters. The number of carbonyl (C=O) groups excluding carboxylic acids is 1. The van der Waals surface area contributed by atoms with Crippen molar-refractivity contribution in [3.05, 3.63) is 18.0 Å². The number of nitrogens with zero attached hydrogens (tertiary/aromatic N) is 2. The van der Waals surface area contributed by atoms with Crippen LogP contribution in [0, 0.1) is 0 Å². The first-order chi connectivity index (χ1) is 8.10. The lowest BCUT2D eigenvalue weighted by atomic mass is 10.1.